The molecule has 10 rings (SSSR count). The summed E-state index contributed by atoms with van der Waals surface area (Å²) in [5.74, 6) is 0. The van der Waals surface area contributed by atoms with Gasteiger partial charge in [-0.05, 0) is 85.3 Å². The Morgan fingerprint density at radius 3 is 1.33 bits per heavy atom. The van der Waals surface area contributed by atoms with Crippen LogP contribution in [0, 0.1) is 0 Å². The van der Waals surface area contributed by atoms with Gasteiger partial charge in [-0.25, -0.2) is 0 Å². The summed E-state index contributed by atoms with van der Waals surface area (Å²) >= 11 is 3.80. The Morgan fingerprint density at radius 1 is 0.239 bits per heavy atom. The van der Waals surface area contributed by atoms with Gasteiger partial charge in [-0.2, -0.15) is 0 Å². The molecule has 0 spiro atoms. The van der Waals surface area contributed by atoms with Crippen LogP contribution in [0.1, 0.15) is 0 Å². The first-order valence-corrected chi connectivity index (χ1v) is 17.3. The molecular formula is C44H26S2. The van der Waals surface area contributed by atoms with Crippen LogP contribution in [0.25, 0.3) is 95.3 Å². The molecule has 2 aromatic heterocycles. The second-order valence-corrected chi connectivity index (χ2v) is 14.2. The van der Waals surface area contributed by atoms with Crippen molar-refractivity contribution >= 4 is 84.6 Å². The van der Waals surface area contributed by atoms with E-state index < -0.39 is 0 Å². The van der Waals surface area contributed by atoms with Crippen molar-refractivity contribution in [1.29, 1.82) is 0 Å². The summed E-state index contributed by atoms with van der Waals surface area (Å²) in [7, 11) is 0. The fraction of sp³-hybridized carbons (Fsp3) is 0. The van der Waals surface area contributed by atoms with Gasteiger partial charge in [0.1, 0.15) is 0 Å². The predicted molar refractivity (Wildman–Crippen MR) is 204 cm³/mol. The lowest BCUT2D eigenvalue weighted by Gasteiger charge is -2.18. The lowest BCUT2D eigenvalue weighted by molar-refractivity contribution is 1.61. The standard InChI is InChI=1S/C44H26S2/c1-2-10-27(11-3-1)28-18-20-29(21-19-28)43-32-13-4-6-15-34(32)44(35-16-7-5-14-33(35)43)30-22-23-40-36(24-30)38-25-37-31-12-8-9-17-39(31)45-41(37)26-42(38)46-40/h1-26H. The van der Waals surface area contributed by atoms with E-state index in [-0.39, 0.29) is 0 Å². The van der Waals surface area contributed by atoms with E-state index in [0.717, 1.165) is 0 Å². The first-order valence-electron chi connectivity index (χ1n) is 15.7. The monoisotopic (exact) mass is 618 g/mol. The second-order valence-electron chi connectivity index (χ2n) is 12.0. The highest BCUT2D eigenvalue weighted by molar-refractivity contribution is 7.28. The Hall–Kier alpha value is -5.28. The van der Waals surface area contributed by atoms with Gasteiger partial charge in [-0.15, -0.1) is 22.7 Å². The lowest BCUT2D eigenvalue weighted by Crippen LogP contribution is -1.91. The molecule has 0 radical (unpaired) electrons. The molecule has 0 nitrogen and oxygen atoms in total. The van der Waals surface area contributed by atoms with Crippen LogP contribution in [-0.4, -0.2) is 0 Å². The van der Waals surface area contributed by atoms with Crippen LogP contribution in [0.3, 0.4) is 0 Å². The van der Waals surface area contributed by atoms with Crippen molar-refractivity contribution in [2.45, 2.75) is 0 Å². The number of hydrogen-bond donors (Lipinski definition) is 0. The quantitative estimate of drug-likeness (QED) is 0.173. The van der Waals surface area contributed by atoms with Gasteiger partial charge in [0.15, 0.2) is 0 Å². The average Bonchev–Trinajstić information content (AvgIpc) is 3.66. The smallest absolute Gasteiger partial charge is 0.0369 e. The third-order valence-electron chi connectivity index (χ3n) is 9.47. The maximum absolute atomic E-state index is 2.44. The van der Waals surface area contributed by atoms with Crippen LogP contribution in [-0.2, 0) is 0 Å². The van der Waals surface area contributed by atoms with Gasteiger partial charge in [0.2, 0.25) is 0 Å². The minimum absolute atomic E-state index is 1.23. The fourth-order valence-electron chi connectivity index (χ4n) is 7.36. The molecule has 0 fully saturated rings. The number of benzene rings is 8. The Morgan fingerprint density at radius 2 is 0.674 bits per heavy atom. The molecule has 0 atom stereocenters. The number of fused-ring (bicyclic) bond motifs is 8. The Bertz CT molecular complexity index is 2720. The molecule has 0 saturated heterocycles. The zero-order chi connectivity index (χ0) is 30.2. The summed E-state index contributed by atoms with van der Waals surface area (Å²) in [6.45, 7) is 0. The van der Waals surface area contributed by atoms with Crippen LogP contribution < -0.4 is 0 Å². The topological polar surface area (TPSA) is 0 Å². The molecule has 46 heavy (non-hydrogen) atoms. The molecular weight excluding hydrogens is 593 g/mol. The van der Waals surface area contributed by atoms with Gasteiger partial charge in [-0.1, -0.05) is 127 Å². The third-order valence-corrected chi connectivity index (χ3v) is 11.7. The van der Waals surface area contributed by atoms with Gasteiger partial charge in [0.05, 0.1) is 0 Å². The van der Waals surface area contributed by atoms with E-state index in [2.05, 4.69) is 158 Å². The average molecular weight is 619 g/mol. The van der Waals surface area contributed by atoms with Gasteiger partial charge in [0.25, 0.3) is 0 Å². The summed E-state index contributed by atoms with van der Waals surface area (Å²) in [5.41, 5.74) is 7.58. The van der Waals surface area contributed by atoms with Gasteiger partial charge in [-0.3, -0.25) is 0 Å². The van der Waals surface area contributed by atoms with E-state index >= 15 is 0 Å². The van der Waals surface area contributed by atoms with E-state index in [1.807, 2.05) is 22.7 Å². The first-order chi connectivity index (χ1) is 22.8. The summed E-state index contributed by atoms with van der Waals surface area (Å²) in [6, 6.07) is 58.3. The molecule has 0 aliphatic carbocycles. The Kier molecular flexibility index (Phi) is 5.72. The molecule has 0 aliphatic rings. The van der Waals surface area contributed by atoms with Crippen LogP contribution in [0.4, 0.5) is 0 Å². The van der Waals surface area contributed by atoms with Crippen molar-refractivity contribution in [2.75, 3.05) is 0 Å². The normalized spacial score (nSPS) is 11.9. The molecule has 0 amide bonds. The number of hydrogen-bond acceptors (Lipinski definition) is 2. The highest BCUT2D eigenvalue weighted by Gasteiger charge is 2.18. The molecule has 0 aliphatic heterocycles. The third kappa shape index (κ3) is 3.91. The summed E-state index contributed by atoms with van der Waals surface area (Å²) in [5, 5.41) is 10.5. The maximum atomic E-state index is 2.44. The highest BCUT2D eigenvalue weighted by Crippen LogP contribution is 2.46. The Labute approximate surface area is 274 Å². The summed E-state index contributed by atoms with van der Waals surface area (Å²) in [6.07, 6.45) is 0. The number of rotatable bonds is 3. The molecule has 2 heterocycles. The van der Waals surface area contributed by atoms with Crippen molar-refractivity contribution in [3.8, 4) is 33.4 Å². The second kappa shape index (κ2) is 10.1. The Balaban J connectivity index is 1.21. The fourth-order valence-corrected chi connectivity index (χ4v) is 9.67. The van der Waals surface area contributed by atoms with Gasteiger partial charge in [0, 0.05) is 40.3 Å². The molecule has 8 aromatic carbocycles. The van der Waals surface area contributed by atoms with E-state index in [9.17, 15) is 0 Å². The number of thiophene rings is 2. The van der Waals surface area contributed by atoms with Crippen molar-refractivity contribution in [3.63, 3.8) is 0 Å². The van der Waals surface area contributed by atoms with E-state index in [4.69, 9.17) is 0 Å². The molecule has 214 valence electrons. The molecule has 0 N–H and O–H groups in total. The first kappa shape index (κ1) is 26.0. The van der Waals surface area contributed by atoms with Crippen LogP contribution in [0.5, 0.6) is 0 Å². The molecule has 0 unspecified atom stereocenters. The van der Waals surface area contributed by atoms with Crippen LogP contribution in [0.15, 0.2) is 158 Å². The predicted octanol–water partition coefficient (Wildman–Crippen LogP) is 13.7. The van der Waals surface area contributed by atoms with Crippen LogP contribution in [0.2, 0.25) is 0 Å². The zero-order valence-corrected chi connectivity index (χ0v) is 26.5. The molecule has 0 bridgehead atoms. The van der Waals surface area contributed by atoms with Crippen molar-refractivity contribution in [3.05, 3.63) is 158 Å². The summed E-state index contributed by atoms with van der Waals surface area (Å²) < 4.78 is 5.41. The van der Waals surface area contributed by atoms with E-state index in [1.54, 1.807) is 0 Å². The van der Waals surface area contributed by atoms with Crippen molar-refractivity contribution in [2.24, 2.45) is 0 Å². The summed E-state index contributed by atoms with van der Waals surface area (Å²) in [4.78, 5) is 0. The molecule has 10 aromatic rings. The van der Waals surface area contributed by atoms with E-state index in [0.29, 0.717) is 0 Å². The molecule has 0 saturated carbocycles. The van der Waals surface area contributed by atoms with Crippen LogP contribution >= 0.6 is 22.7 Å². The highest BCUT2D eigenvalue weighted by atomic mass is 32.1. The lowest BCUT2D eigenvalue weighted by atomic mass is 9.85. The maximum Gasteiger partial charge on any atom is 0.0369 e. The molecule has 2 heteroatoms. The van der Waals surface area contributed by atoms with E-state index in [1.165, 1.54) is 95.3 Å². The zero-order valence-electron chi connectivity index (χ0n) is 24.8. The largest absolute Gasteiger partial charge is 0.135 e. The minimum atomic E-state index is 1.23. The minimum Gasteiger partial charge on any atom is -0.135 e. The van der Waals surface area contributed by atoms with Gasteiger partial charge >= 0.3 is 0 Å². The van der Waals surface area contributed by atoms with Gasteiger partial charge < -0.3 is 0 Å². The van der Waals surface area contributed by atoms with Crippen molar-refractivity contribution in [1.82, 2.24) is 0 Å². The van der Waals surface area contributed by atoms with Crippen molar-refractivity contribution < 1.29 is 0 Å². The SMILES string of the molecule is c1ccc(-c2ccc(-c3c4ccccc4c(-c4ccc5sc6cc7sc8ccccc8c7cc6c5c4)c4ccccc34)cc2)cc1.